The van der Waals surface area contributed by atoms with Crippen molar-refractivity contribution in [2.24, 2.45) is 5.73 Å². The number of hydrogen-bond donors (Lipinski definition) is 1. The summed E-state index contributed by atoms with van der Waals surface area (Å²) in [6.45, 7) is 6.20. The number of hydrogen-bond acceptors (Lipinski definition) is 6. The summed E-state index contributed by atoms with van der Waals surface area (Å²) >= 11 is 0. The third-order valence-corrected chi connectivity index (χ3v) is 3.85. The average molecular weight is 276 g/mol. The van der Waals surface area contributed by atoms with Crippen molar-refractivity contribution in [3.05, 3.63) is 23.5 Å². The summed E-state index contributed by atoms with van der Waals surface area (Å²) in [5, 5.41) is 8.25. The maximum absolute atomic E-state index is 5.78. The summed E-state index contributed by atoms with van der Waals surface area (Å²) in [5.74, 6) is 2.81. The van der Waals surface area contributed by atoms with Gasteiger partial charge in [0.1, 0.15) is 11.5 Å². The molecule has 20 heavy (non-hydrogen) atoms. The molecule has 0 bridgehead atoms. The average Bonchev–Trinajstić information content (AvgIpc) is 3.10. The normalized spacial score (nSPS) is 19.9. The summed E-state index contributed by atoms with van der Waals surface area (Å²) in [7, 11) is 0. The van der Waals surface area contributed by atoms with E-state index in [9.17, 15) is 0 Å². The Bertz CT molecular complexity index is 590. The third-order valence-electron chi connectivity index (χ3n) is 3.85. The van der Waals surface area contributed by atoms with Crippen molar-refractivity contribution in [3.8, 4) is 11.5 Å². The van der Waals surface area contributed by atoms with E-state index in [2.05, 4.69) is 15.1 Å². The van der Waals surface area contributed by atoms with E-state index in [4.69, 9.17) is 14.6 Å². The topological polar surface area (TPSA) is 81.3 Å². The van der Waals surface area contributed by atoms with E-state index in [1.54, 1.807) is 0 Å². The van der Waals surface area contributed by atoms with Crippen LogP contribution in [-0.2, 0) is 6.54 Å². The number of likely N-dealkylation sites (tertiary alicyclic amines) is 1. The molecule has 1 unspecified atom stereocenters. The second-order valence-corrected chi connectivity index (χ2v) is 5.33. The van der Waals surface area contributed by atoms with Gasteiger partial charge in [0.15, 0.2) is 0 Å². The lowest BCUT2D eigenvalue weighted by Gasteiger charge is -2.20. The summed E-state index contributed by atoms with van der Waals surface area (Å²) in [4.78, 5) is 2.31. The lowest BCUT2D eigenvalue weighted by Crippen LogP contribution is -2.34. The molecule has 1 aliphatic rings. The van der Waals surface area contributed by atoms with Crippen LogP contribution < -0.4 is 5.73 Å². The highest BCUT2D eigenvalue weighted by atomic mass is 16.4. The molecule has 0 aliphatic carbocycles. The first-order valence-electron chi connectivity index (χ1n) is 7.01. The first kappa shape index (κ1) is 13.3. The van der Waals surface area contributed by atoms with Crippen LogP contribution in [0.3, 0.4) is 0 Å². The van der Waals surface area contributed by atoms with Crippen LogP contribution >= 0.6 is 0 Å². The number of aryl methyl sites for hydroxylation is 2. The van der Waals surface area contributed by atoms with Crippen molar-refractivity contribution >= 4 is 0 Å². The largest absolute Gasteiger partial charge is 0.466 e. The SMILES string of the molecule is Cc1cc(-c2nnc(CN3CCCC3CN)o2)c(C)o1. The molecule has 1 fully saturated rings. The molecule has 0 spiro atoms. The molecule has 3 rings (SSSR count). The Morgan fingerprint density at radius 1 is 1.35 bits per heavy atom. The highest BCUT2D eigenvalue weighted by Gasteiger charge is 2.25. The molecule has 6 heteroatoms. The van der Waals surface area contributed by atoms with Gasteiger partial charge in [0.2, 0.25) is 5.89 Å². The molecule has 6 nitrogen and oxygen atoms in total. The first-order chi connectivity index (χ1) is 9.67. The molecule has 2 aromatic rings. The number of nitrogens with zero attached hydrogens (tertiary/aromatic N) is 3. The monoisotopic (exact) mass is 276 g/mol. The van der Waals surface area contributed by atoms with Crippen LogP contribution in [0.1, 0.15) is 30.3 Å². The maximum atomic E-state index is 5.78. The van der Waals surface area contributed by atoms with Crippen molar-refractivity contribution < 1.29 is 8.83 Å². The van der Waals surface area contributed by atoms with E-state index in [1.807, 2.05) is 19.9 Å². The first-order valence-corrected chi connectivity index (χ1v) is 7.01. The Hall–Kier alpha value is -1.66. The molecular formula is C14H20N4O2. The van der Waals surface area contributed by atoms with Gasteiger partial charge in [-0.25, -0.2) is 0 Å². The van der Waals surface area contributed by atoms with Crippen LogP contribution in [-0.4, -0.2) is 34.2 Å². The molecule has 0 saturated carbocycles. The van der Waals surface area contributed by atoms with Gasteiger partial charge in [0, 0.05) is 12.6 Å². The van der Waals surface area contributed by atoms with Crippen LogP contribution in [0.25, 0.3) is 11.5 Å². The molecule has 0 radical (unpaired) electrons. The Morgan fingerprint density at radius 3 is 2.90 bits per heavy atom. The zero-order valence-electron chi connectivity index (χ0n) is 11.9. The van der Waals surface area contributed by atoms with Gasteiger partial charge >= 0.3 is 0 Å². The summed E-state index contributed by atoms with van der Waals surface area (Å²) < 4.78 is 11.2. The molecule has 0 amide bonds. The minimum Gasteiger partial charge on any atom is -0.466 e. The fraction of sp³-hybridized carbons (Fsp3) is 0.571. The lowest BCUT2D eigenvalue weighted by atomic mass is 10.2. The Morgan fingerprint density at radius 2 is 2.20 bits per heavy atom. The van der Waals surface area contributed by atoms with Gasteiger partial charge in [0.25, 0.3) is 5.89 Å². The quantitative estimate of drug-likeness (QED) is 0.918. The highest BCUT2D eigenvalue weighted by molar-refractivity contribution is 5.55. The Balaban J connectivity index is 1.75. The standard InChI is InChI=1S/C14H20N4O2/c1-9-6-12(10(2)19-9)14-17-16-13(20-14)8-18-5-3-4-11(18)7-15/h6,11H,3-5,7-8,15H2,1-2H3. The van der Waals surface area contributed by atoms with E-state index in [0.717, 1.165) is 30.0 Å². The molecule has 3 heterocycles. The van der Waals surface area contributed by atoms with E-state index in [-0.39, 0.29) is 0 Å². The van der Waals surface area contributed by atoms with Crippen LogP contribution in [0.2, 0.25) is 0 Å². The molecule has 2 aromatic heterocycles. The number of aromatic nitrogens is 2. The van der Waals surface area contributed by atoms with Crippen molar-refractivity contribution in [2.75, 3.05) is 13.1 Å². The minimum absolute atomic E-state index is 0.434. The lowest BCUT2D eigenvalue weighted by molar-refractivity contribution is 0.226. The van der Waals surface area contributed by atoms with E-state index in [1.165, 1.54) is 6.42 Å². The van der Waals surface area contributed by atoms with Crippen LogP contribution in [0, 0.1) is 13.8 Å². The zero-order valence-corrected chi connectivity index (χ0v) is 11.9. The predicted octanol–water partition coefficient (Wildman–Crippen LogP) is 1.87. The van der Waals surface area contributed by atoms with Crippen molar-refractivity contribution in [3.63, 3.8) is 0 Å². The van der Waals surface area contributed by atoms with E-state index in [0.29, 0.717) is 30.9 Å². The Kier molecular flexibility index (Phi) is 3.58. The predicted molar refractivity (Wildman–Crippen MR) is 74.0 cm³/mol. The van der Waals surface area contributed by atoms with Gasteiger partial charge in [-0.3, -0.25) is 4.90 Å². The zero-order chi connectivity index (χ0) is 14.1. The minimum atomic E-state index is 0.434. The van der Waals surface area contributed by atoms with Gasteiger partial charge in [-0.05, 0) is 39.3 Å². The van der Waals surface area contributed by atoms with Crippen LogP contribution in [0.15, 0.2) is 14.9 Å². The van der Waals surface area contributed by atoms with Crippen LogP contribution in [0.4, 0.5) is 0 Å². The van der Waals surface area contributed by atoms with Crippen LogP contribution in [0.5, 0.6) is 0 Å². The van der Waals surface area contributed by atoms with E-state index >= 15 is 0 Å². The number of nitrogens with two attached hydrogens (primary N) is 1. The van der Waals surface area contributed by atoms with Gasteiger partial charge < -0.3 is 14.6 Å². The summed E-state index contributed by atoms with van der Waals surface area (Å²) in [6.07, 6.45) is 2.33. The fourth-order valence-corrected chi connectivity index (χ4v) is 2.81. The highest BCUT2D eigenvalue weighted by Crippen LogP contribution is 2.26. The van der Waals surface area contributed by atoms with E-state index < -0.39 is 0 Å². The summed E-state index contributed by atoms with van der Waals surface area (Å²) in [6, 6.07) is 2.36. The molecule has 0 aromatic carbocycles. The van der Waals surface area contributed by atoms with Crippen molar-refractivity contribution in [1.29, 1.82) is 0 Å². The summed E-state index contributed by atoms with van der Waals surface area (Å²) in [5.41, 5.74) is 6.65. The van der Waals surface area contributed by atoms with Gasteiger partial charge in [-0.15, -0.1) is 10.2 Å². The third kappa shape index (κ3) is 2.48. The van der Waals surface area contributed by atoms with Gasteiger partial charge in [-0.1, -0.05) is 0 Å². The van der Waals surface area contributed by atoms with Gasteiger partial charge in [-0.2, -0.15) is 0 Å². The van der Waals surface area contributed by atoms with Gasteiger partial charge in [0.05, 0.1) is 12.1 Å². The molecule has 1 saturated heterocycles. The molecule has 108 valence electrons. The second-order valence-electron chi connectivity index (χ2n) is 5.33. The molecule has 1 atom stereocenters. The second kappa shape index (κ2) is 5.38. The maximum Gasteiger partial charge on any atom is 0.251 e. The smallest absolute Gasteiger partial charge is 0.251 e. The number of rotatable bonds is 4. The molecule has 2 N–H and O–H groups in total. The molecule has 1 aliphatic heterocycles. The number of furan rings is 1. The van der Waals surface area contributed by atoms with Crippen molar-refractivity contribution in [1.82, 2.24) is 15.1 Å². The fourth-order valence-electron chi connectivity index (χ4n) is 2.81. The van der Waals surface area contributed by atoms with Crippen molar-refractivity contribution in [2.45, 2.75) is 39.3 Å². The Labute approximate surface area is 117 Å². The molecular weight excluding hydrogens is 256 g/mol.